The maximum absolute atomic E-state index is 10.7. The van der Waals surface area contributed by atoms with E-state index in [0.29, 0.717) is 5.82 Å². The van der Waals surface area contributed by atoms with Crippen LogP contribution in [0, 0.1) is 0 Å². The van der Waals surface area contributed by atoms with Crippen LogP contribution in [0.2, 0.25) is 0 Å². The molecule has 0 unspecified atom stereocenters. The average molecular weight is 261 g/mol. The first-order valence-corrected chi connectivity index (χ1v) is 6.49. The molecular formula is C12H11N3O2S. The first kappa shape index (κ1) is 11.2. The molecule has 0 amide bonds. The van der Waals surface area contributed by atoms with Gasteiger partial charge in [0.15, 0.2) is 5.13 Å². The molecule has 18 heavy (non-hydrogen) atoms. The Kier molecular flexibility index (Phi) is 2.71. The van der Waals surface area contributed by atoms with E-state index in [0.717, 1.165) is 18.0 Å². The maximum Gasteiger partial charge on any atom is 0.337 e. The molecule has 0 saturated heterocycles. The lowest BCUT2D eigenvalue weighted by atomic mass is 10.3. The van der Waals surface area contributed by atoms with Crippen LogP contribution in [0.1, 0.15) is 27.3 Å². The van der Waals surface area contributed by atoms with Gasteiger partial charge in [0.2, 0.25) is 0 Å². The molecule has 0 fully saturated rings. The SMILES string of the molecule is O=C(O)c1ccc(Nc2nc3c(s2)CCC3)nc1. The van der Waals surface area contributed by atoms with Crippen LogP contribution >= 0.6 is 11.3 Å². The number of carboxylic acids is 1. The second-order valence-electron chi connectivity index (χ2n) is 4.10. The van der Waals surface area contributed by atoms with Gasteiger partial charge in [-0.2, -0.15) is 0 Å². The monoisotopic (exact) mass is 261 g/mol. The molecule has 0 aromatic carbocycles. The van der Waals surface area contributed by atoms with Crippen LogP contribution in [0.3, 0.4) is 0 Å². The normalized spacial score (nSPS) is 13.3. The largest absolute Gasteiger partial charge is 0.478 e. The van der Waals surface area contributed by atoms with Crippen molar-refractivity contribution in [3.8, 4) is 0 Å². The highest BCUT2D eigenvalue weighted by molar-refractivity contribution is 7.15. The van der Waals surface area contributed by atoms with Gasteiger partial charge in [-0.3, -0.25) is 0 Å². The van der Waals surface area contributed by atoms with Gasteiger partial charge in [0.1, 0.15) is 5.82 Å². The number of aromatic carboxylic acids is 1. The van der Waals surface area contributed by atoms with Crippen molar-refractivity contribution in [3.63, 3.8) is 0 Å². The minimum absolute atomic E-state index is 0.183. The number of aromatic nitrogens is 2. The van der Waals surface area contributed by atoms with Crippen LogP contribution < -0.4 is 5.32 Å². The number of carboxylic acid groups (broad SMARTS) is 1. The lowest BCUT2D eigenvalue weighted by Gasteiger charge is -2.01. The van der Waals surface area contributed by atoms with Crippen molar-refractivity contribution >= 4 is 28.3 Å². The minimum atomic E-state index is -0.970. The maximum atomic E-state index is 10.7. The Balaban J connectivity index is 1.77. The fourth-order valence-electron chi connectivity index (χ4n) is 1.95. The van der Waals surface area contributed by atoms with Crippen molar-refractivity contribution in [2.45, 2.75) is 19.3 Å². The van der Waals surface area contributed by atoms with E-state index in [1.807, 2.05) is 0 Å². The van der Waals surface area contributed by atoms with E-state index in [2.05, 4.69) is 15.3 Å². The predicted molar refractivity (Wildman–Crippen MR) is 68.6 cm³/mol. The topological polar surface area (TPSA) is 75.1 Å². The number of fused-ring (bicyclic) bond motifs is 1. The van der Waals surface area contributed by atoms with Gasteiger partial charge < -0.3 is 10.4 Å². The zero-order valence-electron chi connectivity index (χ0n) is 9.51. The zero-order valence-corrected chi connectivity index (χ0v) is 10.3. The number of anilines is 2. The summed E-state index contributed by atoms with van der Waals surface area (Å²) < 4.78 is 0. The number of carbonyl (C=O) groups is 1. The third-order valence-electron chi connectivity index (χ3n) is 2.84. The Bertz CT molecular complexity index is 570. The van der Waals surface area contributed by atoms with Crippen LogP contribution in [-0.4, -0.2) is 21.0 Å². The van der Waals surface area contributed by atoms with Crippen LogP contribution in [0.25, 0.3) is 0 Å². The lowest BCUT2D eigenvalue weighted by molar-refractivity contribution is 0.0696. The molecule has 0 radical (unpaired) electrons. The van der Waals surface area contributed by atoms with Crippen LogP contribution in [0.4, 0.5) is 10.9 Å². The fraction of sp³-hybridized carbons (Fsp3) is 0.250. The highest BCUT2D eigenvalue weighted by atomic mass is 32.1. The van der Waals surface area contributed by atoms with Crippen molar-refractivity contribution in [3.05, 3.63) is 34.5 Å². The zero-order chi connectivity index (χ0) is 12.5. The van der Waals surface area contributed by atoms with Crippen molar-refractivity contribution in [2.24, 2.45) is 0 Å². The lowest BCUT2D eigenvalue weighted by Crippen LogP contribution is -1.99. The summed E-state index contributed by atoms with van der Waals surface area (Å²) in [6.45, 7) is 0. The second-order valence-corrected chi connectivity index (χ2v) is 5.19. The Morgan fingerprint density at radius 2 is 2.28 bits per heavy atom. The number of hydrogen-bond donors (Lipinski definition) is 2. The molecule has 1 aliphatic carbocycles. The van der Waals surface area contributed by atoms with E-state index in [1.54, 1.807) is 17.4 Å². The van der Waals surface area contributed by atoms with Crippen molar-refractivity contribution in [1.82, 2.24) is 9.97 Å². The summed E-state index contributed by atoms with van der Waals surface area (Å²) in [5.74, 6) is -0.352. The molecule has 0 spiro atoms. The Hall–Kier alpha value is -1.95. The standard InChI is InChI=1S/C12H11N3O2S/c16-11(17)7-4-5-10(13-6-7)15-12-14-8-2-1-3-9(8)18-12/h4-6H,1-3H2,(H,16,17)(H,13,14,15). The highest BCUT2D eigenvalue weighted by Gasteiger charge is 2.16. The molecule has 3 rings (SSSR count). The number of rotatable bonds is 3. The van der Waals surface area contributed by atoms with Crippen LogP contribution in [0.15, 0.2) is 18.3 Å². The summed E-state index contributed by atoms with van der Waals surface area (Å²) in [4.78, 5) is 20.6. The fourth-order valence-corrected chi connectivity index (χ4v) is 3.00. The van der Waals surface area contributed by atoms with E-state index in [-0.39, 0.29) is 5.56 Å². The first-order chi connectivity index (χ1) is 8.72. The van der Waals surface area contributed by atoms with E-state index < -0.39 is 5.97 Å². The smallest absolute Gasteiger partial charge is 0.337 e. The molecule has 2 N–H and O–H groups in total. The second kappa shape index (κ2) is 4.38. The van der Waals surface area contributed by atoms with Gasteiger partial charge in [0.05, 0.1) is 11.3 Å². The van der Waals surface area contributed by atoms with E-state index in [4.69, 9.17) is 5.11 Å². The summed E-state index contributed by atoms with van der Waals surface area (Å²) in [7, 11) is 0. The van der Waals surface area contributed by atoms with Gasteiger partial charge in [0.25, 0.3) is 0 Å². The molecule has 0 aliphatic heterocycles. The van der Waals surface area contributed by atoms with Gasteiger partial charge in [-0.25, -0.2) is 14.8 Å². The molecule has 0 saturated carbocycles. The van der Waals surface area contributed by atoms with E-state index in [9.17, 15) is 4.79 Å². The van der Waals surface area contributed by atoms with Crippen LogP contribution in [0.5, 0.6) is 0 Å². The van der Waals surface area contributed by atoms with Crippen molar-refractivity contribution < 1.29 is 9.90 Å². The van der Waals surface area contributed by atoms with E-state index >= 15 is 0 Å². The Labute approximate surface area is 108 Å². The molecule has 0 bridgehead atoms. The molecule has 6 heteroatoms. The quantitative estimate of drug-likeness (QED) is 0.887. The van der Waals surface area contributed by atoms with Crippen LogP contribution in [-0.2, 0) is 12.8 Å². The summed E-state index contributed by atoms with van der Waals surface area (Å²) in [6.07, 6.45) is 4.70. The molecule has 2 aromatic rings. The Morgan fingerprint density at radius 3 is 2.94 bits per heavy atom. The molecule has 0 atom stereocenters. The van der Waals surface area contributed by atoms with E-state index in [1.165, 1.54) is 29.3 Å². The number of pyridine rings is 1. The van der Waals surface area contributed by atoms with Gasteiger partial charge in [-0.15, -0.1) is 11.3 Å². The number of hydrogen-bond acceptors (Lipinski definition) is 5. The Morgan fingerprint density at radius 1 is 1.39 bits per heavy atom. The number of aryl methyl sites for hydroxylation is 2. The first-order valence-electron chi connectivity index (χ1n) is 5.67. The van der Waals surface area contributed by atoms with Crippen molar-refractivity contribution in [1.29, 1.82) is 0 Å². The van der Waals surface area contributed by atoms with Crippen molar-refractivity contribution in [2.75, 3.05) is 5.32 Å². The summed E-state index contributed by atoms with van der Waals surface area (Å²) >= 11 is 1.65. The number of nitrogens with one attached hydrogen (secondary N) is 1. The average Bonchev–Trinajstić information content (AvgIpc) is 2.90. The number of nitrogens with zero attached hydrogens (tertiary/aromatic N) is 2. The van der Waals surface area contributed by atoms with Gasteiger partial charge in [-0.05, 0) is 31.4 Å². The van der Waals surface area contributed by atoms with Gasteiger partial charge >= 0.3 is 5.97 Å². The van der Waals surface area contributed by atoms with Gasteiger partial charge in [0, 0.05) is 11.1 Å². The third-order valence-corrected chi connectivity index (χ3v) is 3.91. The highest BCUT2D eigenvalue weighted by Crippen LogP contribution is 2.31. The number of thiazole rings is 1. The minimum Gasteiger partial charge on any atom is -0.478 e. The molecular weight excluding hydrogens is 250 g/mol. The summed E-state index contributed by atoms with van der Waals surface area (Å²) in [5.41, 5.74) is 1.37. The van der Waals surface area contributed by atoms with Gasteiger partial charge in [-0.1, -0.05) is 0 Å². The third kappa shape index (κ3) is 2.06. The summed E-state index contributed by atoms with van der Waals surface area (Å²) in [5, 5.41) is 12.7. The molecule has 1 aliphatic rings. The molecule has 92 valence electrons. The molecule has 2 aromatic heterocycles. The predicted octanol–water partition coefficient (Wildman–Crippen LogP) is 2.47. The molecule has 2 heterocycles. The summed E-state index contributed by atoms with van der Waals surface area (Å²) in [6, 6.07) is 3.18. The molecule has 5 nitrogen and oxygen atoms in total.